The lowest BCUT2D eigenvalue weighted by molar-refractivity contribution is 0.265. The molecule has 29 heavy (non-hydrogen) atoms. The molecular weight excluding hydrogens is 436 g/mol. The number of halogens is 4. The molecule has 1 N–H and O–H groups in total. The van der Waals surface area contributed by atoms with Crippen molar-refractivity contribution in [2.24, 2.45) is 0 Å². The minimum Gasteiger partial charge on any atom is -0.490 e. The first-order valence-electron chi connectivity index (χ1n) is 8.97. The molecule has 0 amide bonds. The van der Waals surface area contributed by atoms with Gasteiger partial charge in [0.2, 0.25) is 0 Å². The van der Waals surface area contributed by atoms with Crippen molar-refractivity contribution < 1.29 is 13.9 Å². The predicted molar refractivity (Wildman–Crippen MR) is 117 cm³/mol. The average molecular weight is 455 g/mol. The van der Waals surface area contributed by atoms with Crippen LogP contribution in [-0.4, -0.2) is 6.61 Å². The van der Waals surface area contributed by atoms with Crippen molar-refractivity contribution in [3.63, 3.8) is 0 Å². The summed E-state index contributed by atoms with van der Waals surface area (Å²) in [6.45, 7) is 2.83. The van der Waals surface area contributed by atoms with Crippen molar-refractivity contribution in [2.75, 3.05) is 11.9 Å². The Balaban J connectivity index is 1.77. The Morgan fingerprint density at radius 3 is 2.24 bits per heavy atom. The van der Waals surface area contributed by atoms with Crippen molar-refractivity contribution in [1.29, 1.82) is 0 Å². The van der Waals surface area contributed by atoms with Gasteiger partial charge in [-0.05, 0) is 42.8 Å². The van der Waals surface area contributed by atoms with Crippen LogP contribution in [0, 0.1) is 5.82 Å². The van der Waals surface area contributed by atoms with Crippen LogP contribution in [0.15, 0.2) is 54.6 Å². The van der Waals surface area contributed by atoms with E-state index in [2.05, 4.69) is 5.32 Å². The molecule has 0 bridgehead atoms. The lowest BCUT2D eigenvalue weighted by Gasteiger charge is -2.16. The second kappa shape index (κ2) is 10.1. The molecule has 0 saturated carbocycles. The third-order valence-electron chi connectivity index (χ3n) is 4.10. The number of benzene rings is 3. The molecule has 0 heterocycles. The number of hydrogen-bond acceptors (Lipinski definition) is 3. The number of anilines is 1. The van der Waals surface area contributed by atoms with Crippen LogP contribution in [0.4, 0.5) is 10.1 Å². The molecule has 152 valence electrons. The lowest BCUT2D eigenvalue weighted by Crippen LogP contribution is -2.04. The highest BCUT2D eigenvalue weighted by Gasteiger charge is 2.13. The van der Waals surface area contributed by atoms with Crippen LogP contribution in [-0.2, 0) is 13.2 Å². The molecule has 0 radical (unpaired) electrons. The molecule has 0 unspecified atom stereocenters. The number of nitrogens with one attached hydrogen (secondary N) is 1. The summed E-state index contributed by atoms with van der Waals surface area (Å²) in [5.74, 6) is 0.668. The van der Waals surface area contributed by atoms with E-state index in [-0.39, 0.29) is 12.4 Å². The molecule has 3 rings (SSSR count). The third-order valence-corrected chi connectivity index (χ3v) is 4.89. The summed E-state index contributed by atoms with van der Waals surface area (Å²) in [5, 5.41) is 4.82. The average Bonchev–Trinajstić information content (AvgIpc) is 2.67. The summed E-state index contributed by atoms with van der Waals surface area (Å²) in [6.07, 6.45) is 0. The van der Waals surface area contributed by atoms with Gasteiger partial charge in [-0.3, -0.25) is 0 Å². The molecule has 0 aliphatic heterocycles. The van der Waals surface area contributed by atoms with E-state index in [1.807, 2.05) is 13.0 Å². The van der Waals surface area contributed by atoms with E-state index in [1.54, 1.807) is 42.5 Å². The molecule has 7 heteroatoms. The first-order chi connectivity index (χ1) is 14.0. The normalized spacial score (nSPS) is 10.7. The van der Waals surface area contributed by atoms with Crippen molar-refractivity contribution >= 4 is 40.5 Å². The van der Waals surface area contributed by atoms with Crippen LogP contribution in [0.5, 0.6) is 11.5 Å². The van der Waals surface area contributed by atoms with Gasteiger partial charge in [0.25, 0.3) is 0 Å². The van der Waals surface area contributed by atoms with Gasteiger partial charge in [0.05, 0.1) is 6.61 Å². The molecule has 0 aliphatic carbocycles. The van der Waals surface area contributed by atoms with Gasteiger partial charge < -0.3 is 14.8 Å². The summed E-state index contributed by atoms with van der Waals surface area (Å²) >= 11 is 18.5. The van der Waals surface area contributed by atoms with E-state index in [4.69, 9.17) is 44.3 Å². The van der Waals surface area contributed by atoms with Crippen LogP contribution in [0.1, 0.15) is 18.1 Å². The van der Waals surface area contributed by atoms with Gasteiger partial charge in [-0.2, -0.15) is 0 Å². The molecule has 0 saturated heterocycles. The minimum absolute atomic E-state index is 0.0711. The summed E-state index contributed by atoms with van der Waals surface area (Å²) in [4.78, 5) is 0. The van der Waals surface area contributed by atoms with E-state index >= 15 is 0 Å². The van der Waals surface area contributed by atoms with E-state index in [1.165, 1.54) is 6.07 Å². The summed E-state index contributed by atoms with van der Waals surface area (Å²) < 4.78 is 25.3. The highest BCUT2D eigenvalue weighted by molar-refractivity contribution is 6.35. The summed E-state index contributed by atoms with van der Waals surface area (Å²) in [5.41, 5.74) is 2.04. The summed E-state index contributed by atoms with van der Waals surface area (Å²) in [6, 6.07) is 15.2. The number of rotatable bonds is 8. The Hall–Kier alpha value is -2.14. The molecule has 0 spiro atoms. The Labute approximate surface area is 184 Å². The monoisotopic (exact) mass is 453 g/mol. The first kappa shape index (κ1) is 21.6. The summed E-state index contributed by atoms with van der Waals surface area (Å²) in [7, 11) is 0. The second-order valence-electron chi connectivity index (χ2n) is 6.22. The van der Waals surface area contributed by atoms with Crippen LogP contribution in [0.2, 0.25) is 15.1 Å². The number of ether oxygens (including phenoxy) is 2. The maximum atomic E-state index is 13.8. The van der Waals surface area contributed by atoms with E-state index in [0.717, 1.165) is 11.3 Å². The van der Waals surface area contributed by atoms with Crippen molar-refractivity contribution in [3.8, 4) is 11.5 Å². The van der Waals surface area contributed by atoms with Crippen molar-refractivity contribution in [3.05, 3.63) is 86.6 Å². The molecule has 0 fully saturated rings. The fraction of sp³-hybridized carbons (Fsp3) is 0.182. The van der Waals surface area contributed by atoms with Crippen molar-refractivity contribution in [1.82, 2.24) is 0 Å². The van der Waals surface area contributed by atoms with Crippen LogP contribution in [0.3, 0.4) is 0 Å². The van der Waals surface area contributed by atoms with Gasteiger partial charge in [0, 0.05) is 38.9 Å². The minimum atomic E-state index is -0.322. The Morgan fingerprint density at radius 2 is 1.55 bits per heavy atom. The van der Waals surface area contributed by atoms with E-state index in [9.17, 15) is 4.39 Å². The Kier molecular flexibility index (Phi) is 7.48. The molecule has 3 aromatic rings. The van der Waals surface area contributed by atoms with Gasteiger partial charge in [0.1, 0.15) is 12.4 Å². The maximum Gasteiger partial charge on any atom is 0.163 e. The Bertz CT molecular complexity index is 978. The van der Waals surface area contributed by atoms with E-state index < -0.39 is 0 Å². The second-order valence-corrected chi connectivity index (χ2v) is 7.50. The highest BCUT2D eigenvalue weighted by Crippen LogP contribution is 2.35. The molecule has 3 nitrogen and oxygen atoms in total. The molecule has 0 aromatic heterocycles. The lowest BCUT2D eigenvalue weighted by atomic mass is 10.2. The van der Waals surface area contributed by atoms with E-state index in [0.29, 0.717) is 45.3 Å². The zero-order valence-corrected chi connectivity index (χ0v) is 17.9. The maximum absolute atomic E-state index is 13.8. The van der Waals surface area contributed by atoms with Crippen LogP contribution < -0.4 is 14.8 Å². The smallest absolute Gasteiger partial charge is 0.163 e. The van der Waals surface area contributed by atoms with Gasteiger partial charge in [0.15, 0.2) is 11.5 Å². The SMILES string of the molecule is CCOc1cc(CNc2cc(Cl)cc(Cl)c2)c(Cl)cc1OCc1ccccc1F. The standard InChI is InChI=1S/C22H19Cl3FNO2/c1-2-28-21-7-15(12-27-18-9-16(23)8-17(24)10-18)19(25)11-22(21)29-13-14-5-3-4-6-20(14)26/h3-11,27H,2,12-13H2,1H3. The molecule has 0 atom stereocenters. The zero-order chi connectivity index (χ0) is 20.8. The molecule has 3 aromatic carbocycles. The first-order valence-corrected chi connectivity index (χ1v) is 10.1. The number of hydrogen-bond donors (Lipinski definition) is 1. The third kappa shape index (κ3) is 5.92. The van der Waals surface area contributed by atoms with Gasteiger partial charge in [-0.1, -0.05) is 53.0 Å². The predicted octanol–water partition coefficient (Wildman–Crippen LogP) is 7.38. The van der Waals surface area contributed by atoms with Crippen LogP contribution in [0.25, 0.3) is 0 Å². The fourth-order valence-corrected chi connectivity index (χ4v) is 3.46. The van der Waals surface area contributed by atoms with Gasteiger partial charge in [-0.25, -0.2) is 4.39 Å². The quantitative estimate of drug-likeness (QED) is 0.385. The van der Waals surface area contributed by atoms with Gasteiger partial charge >= 0.3 is 0 Å². The largest absolute Gasteiger partial charge is 0.490 e. The van der Waals surface area contributed by atoms with Gasteiger partial charge in [-0.15, -0.1) is 0 Å². The fourth-order valence-electron chi connectivity index (χ4n) is 2.72. The highest BCUT2D eigenvalue weighted by atomic mass is 35.5. The Morgan fingerprint density at radius 1 is 0.862 bits per heavy atom. The van der Waals surface area contributed by atoms with Crippen LogP contribution >= 0.6 is 34.8 Å². The molecule has 0 aliphatic rings. The van der Waals surface area contributed by atoms with Crippen molar-refractivity contribution in [2.45, 2.75) is 20.1 Å². The zero-order valence-electron chi connectivity index (χ0n) is 15.6. The molecular formula is C22H19Cl3FNO2. The topological polar surface area (TPSA) is 30.5 Å².